The lowest BCUT2D eigenvalue weighted by atomic mass is 9.91. The molecule has 53 heavy (non-hydrogen) atoms. The zero-order valence-corrected chi connectivity index (χ0v) is 30.6. The molecule has 0 radical (unpaired) electrons. The van der Waals surface area contributed by atoms with Gasteiger partial charge in [-0.25, -0.2) is 9.78 Å². The van der Waals surface area contributed by atoms with E-state index in [1.807, 2.05) is 122 Å². The van der Waals surface area contributed by atoms with E-state index < -0.39 is 6.29 Å². The molecule has 5 aromatic carbocycles. The second-order valence-corrected chi connectivity index (χ2v) is 14.0. The number of aromatic nitrogens is 1. The summed E-state index contributed by atoms with van der Waals surface area (Å²) in [6, 6.07) is 44.2. The van der Waals surface area contributed by atoms with Crippen LogP contribution in [0.25, 0.3) is 33.7 Å². The summed E-state index contributed by atoms with van der Waals surface area (Å²) < 4.78 is 19.9. The van der Waals surface area contributed by atoms with Crippen molar-refractivity contribution in [3.05, 3.63) is 156 Å². The van der Waals surface area contributed by atoms with Gasteiger partial charge in [0.1, 0.15) is 5.69 Å². The van der Waals surface area contributed by atoms with Gasteiger partial charge < -0.3 is 29.6 Å². The Balaban J connectivity index is 1.14. The van der Waals surface area contributed by atoms with E-state index >= 15 is 0 Å². The number of thioether (sulfide) groups is 1. The fraction of sp³-hybridized carbons (Fsp3) is 0.227. The summed E-state index contributed by atoms with van der Waals surface area (Å²) in [6.07, 6.45) is -1.07. The van der Waals surface area contributed by atoms with Gasteiger partial charge in [-0.15, -0.1) is 0 Å². The SMILES string of the molecule is CCNC(=O)NCc1ccccc1-c1ccc([C@H]2O[C@@H](CSc3nc(-c4ccccc4)c(-c4ccccc4)o3)[C@@H](C)[C@@H](c3ccc(CO)cc3)O2)cc1. The molecule has 1 aliphatic heterocycles. The van der Waals surface area contributed by atoms with Gasteiger partial charge in [-0.05, 0) is 34.7 Å². The second-order valence-electron chi connectivity index (χ2n) is 13.0. The normalized spacial score (nSPS) is 18.4. The third kappa shape index (κ3) is 8.56. The molecule has 8 nitrogen and oxygen atoms in total. The average molecular weight is 726 g/mol. The third-order valence-electron chi connectivity index (χ3n) is 9.47. The number of nitrogens with one attached hydrogen (secondary N) is 2. The maximum atomic E-state index is 12.1. The first kappa shape index (κ1) is 36.2. The Morgan fingerprint density at radius 1 is 0.755 bits per heavy atom. The molecule has 0 aliphatic carbocycles. The van der Waals surface area contributed by atoms with Crippen molar-refractivity contribution < 1.29 is 23.8 Å². The molecule has 2 heterocycles. The summed E-state index contributed by atoms with van der Waals surface area (Å²) in [4.78, 5) is 17.1. The monoisotopic (exact) mass is 725 g/mol. The highest BCUT2D eigenvalue weighted by atomic mass is 32.2. The van der Waals surface area contributed by atoms with Crippen LogP contribution in [-0.2, 0) is 22.6 Å². The molecule has 4 atom stereocenters. The largest absolute Gasteiger partial charge is 0.431 e. The van der Waals surface area contributed by atoms with Crippen molar-refractivity contribution in [1.29, 1.82) is 0 Å². The van der Waals surface area contributed by atoms with E-state index in [-0.39, 0.29) is 30.8 Å². The number of oxazole rings is 1. The Kier molecular flexibility index (Phi) is 11.7. The van der Waals surface area contributed by atoms with Gasteiger partial charge in [0.2, 0.25) is 0 Å². The van der Waals surface area contributed by atoms with Crippen molar-refractivity contribution in [2.45, 2.75) is 50.7 Å². The first-order chi connectivity index (χ1) is 26.0. The van der Waals surface area contributed by atoms with Gasteiger partial charge in [0.15, 0.2) is 12.1 Å². The lowest BCUT2D eigenvalue weighted by molar-refractivity contribution is -0.268. The number of hydrogen-bond acceptors (Lipinski definition) is 7. The van der Waals surface area contributed by atoms with Crippen LogP contribution < -0.4 is 10.6 Å². The van der Waals surface area contributed by atoms with Crippen molar-refractivity contribution in [1.82, 2.24) is 15.6 Å². The molecule has 0 spiro atoms. The molecular formula is C44H43N3O5S. The number of hydrogen-bond donors (Lipinski definition) is 3. The number of aliphatic hydroxyl groups is 1. The number of urea groups is 1. The van der Waals surface area contributed by atoms with Crippen LogP contribution in [0.2, 0.25) is 0 Å². The van der Waals surface area contributed by atoms with Gasteiger partial charge in [-0.3, -0.25) is 0 Å². The molecule has 270 valence electrons. The minimum Gasteiger partial charge on any atom is -0.431 e. The van der Waals surface area contributed by atoms with E-state index in [2.05, 4.69) is 35.8 Å². The first-order valence-electron chi connectivity index (χ1n) is 18.0. The molecule has 1 aliphatic rings. The fourth-order valence-corrected chi connectivity index (χ4v) is 7.56. The van der Waals surface area contributed by atoms with Gasteiger partial charge in [0.25, 0.3) is 5.22 Å². The number of carbonyl (C=O) groups is 1. The van der Waals surface area contributed by atoms with Gasteiger partial charge in [-0.1, -0.05) is 152 Å². The summed E-state index contributed by atoms with van der Waals surface area (Å²) >= 11 is 1.54. The Bertz CT molecular complexity index is 2030. The molecule has 6 aromatic rings. The Labute approximate surface area is 314 Å². The third-order valence-corrected chi connectivity index (χ3v) is 10.4. The van der Waals surface area contributed by atoms with E-state index in [1.54, 1.807) is 11.8 Å². The lowest BCUT2D eigenvalue weighted by Crippen LogP contribution is -2.38. The van der Waals surface area contributed by atoms with Crippen LogP contribution >= 0.6 is 11.8 Å². The lowest BCUT2D eigenvalue weighted by Gasteiger charge is -2.41. The summed E-state index contributed by atoms with van der Waals surface area (Å²) in [5.74, 6) is 1.33. The topological polar surface area (TPSA) is 106 Å². The van der Waals surface area contributed by atoms with Crippen LogP contribution in [0.1, 0.15) is 48.5 Å². The van der Waals surface area contributed by atoms with Crippen molar-refractivity contribution in [3.8, 4) is 33.7 Å². The number of rotatable bonds is 12. The molecule has 1 fully saturated rings. The Morgan fingerprint density at radius 3 is 2.11 bits per heavy atom. The van der Waals surface area contributed by atoms with Crippen molar-refractivity contribution in [2.24, 2.45) is 5.92 Å². The van der Waals surface area contributed by atoms with Crippen LogP contribution in [0.15, 0.2) is 143 Å². The van der Waals surface area contributed by atoms with Gasteiger partial charge in [0.05, 0.1) is 18.8 Å². The highest BCUT2D eigenvalue weighted by molar-refractivity contribution is 7.99. The number of benzene rings is 5. The minimum atomic E-state index is -0.618. The molecule has 0 saturated carbocycles. The quantitative estimate of drug-likeness (QED) is 0.108. The zero-order valence-electron chi connectivity index (χ0n) is 29.8. The van der Waals surface area contributed by atoms with Gasteiger partial charge >= 0.3 is 6.03 Å². The first-order valence-corrected chi connectivity index (χ1v) is 18.9. The van der Waals surface area contributed by atoms with Crippen LogP contribution in [0.4, 0.5) is 4.79 Å². The highest BCUT2D eigenvalue weighted by Gasteiger charge is 2.38. The number of nitrogens with zero attached hydrogens (tertiary/aromatic N) is 1. The number of amides is 2. The minimum absolute atomic E-state index is 0.000523. The maximum Gasteiger partial charge on any atom is 0.315 e. The van der Waals surface area contributed by atoms with E-state index in [9.17, 15) is 9.90 Å². The molecule has 3 N–H and O–H groups in total. The smallest absolute Gasteiger partial charge is 0.315 e. The summed E-state index contributed by atoms with van der Waals surface area (Å²) in [7, 11) is 0. The number of ether oxygens (including phenoxy) is 2. The highest BCUT2D eigenvalue weighted by Crippen LogP contribution is 2.44. The van der Waals surface area contributed by atoms with Crippen molar-refractivity contribution >= 4 is 17.8 Å². The summed E-state index contributed by atoms with van der Waals surface area (Å²) in [6.45, 7) is 5.01. The molecule has 0 unspecified atom stereocenters. The summed E-state index contributed by atoms with van der Waals surface area (Å²) in [5.41, 5.74) is 8.64. The van der Waals surface area contributed by atoms with Crippen molar-refractivity contribution in [3.63, 3.8) is 0 Å². The zero-order chi connectivity index (χ0) is 36.6. The van der Waals surface area contributed by atoms with E-state index in [4.69, 9.17) is 18.9 Å². The maximum absolute atomic E-state index is 12.1. The van der Waals surface area contributed by atoms with E-state index in [0.29, 0.717) is 24.1 Å². The predicted molar refractivity (Wildman–Crippen MR) is 209 cm³/mol. The molecule has 1 saturated heterocycles. The molecule has 2 amide bonds. The molecular weight excluding hydrogens is 683 g/mol. The predicted octanol–water partition coefficient (Wildman–Crippen LogP) is 9.57. The summed E-state index contributed by atoms with van der Waals surface area (Å²) in [5, 5.41) is 16.0. The van der Waals surface area contributed by atoms with E-state index in [1.165, 1.54) is 0 Å². The Hall–Kier alpha value is -5.19. The second kappa shape index (κ2) is 17.1. The van der Waals surface area contributed by atoms with Crippen LogP contribution in [0.3, 0.4) is 0 Å². The number of aliphatic hydroxyl groups excluding tert-OH is 1. The fourth-order valence-electron chi connectivity index (χ4n) is 6.58. The molecule has 7 rings (SSSR count). The number of carbonyl (C=O) groups excluding carboxylic acids is 1. The van der Waals surface area contributed by atoms with Crippen LogP contribution in [-0.4, -0.2) is 34.5 Å². The van der Waals surface area contributed by atoms with Gasteiger partial charge in [0, 0.05) is 41.5 Å². The van der Waals surface area contributed by atoms with Crippen LogP contribution in [0.5, 0.6) is 0 Å². The Morgan fingerprint density at radius 2 is 1.42 bits per heavy atom. The van der Waals surface area contributed by atoms with E-state index in [0.717, 1.165) is 56.0 Å². The standard InChI is InChI=1S/C44H43N3O5S/c1-3-45-43(49)46-26-36-16-10-11-17-37(36)31-22-24-35(25-23-31)42-50-38(29(2)40(51-42)34-20-18-30(27-48)19-21-34)28-53-44-47-39(32-12-6-4-7-13-32)41(52-44)33-14-8-5-9-15-33/h4-25,29,38,40,42,48H,3,26-28H2,1-2H3,(H2,45,46,49)/t29-,38+,40+,42+/m1/s1. The van der Waals surface area contributed by atoms with Gasteiger partial charge in [-0.2, -0.15) is 0 Å². The molecule has 9 heteroatoms. The van der Waals surface area contributed by atoms with Crippen molar-refractivity contribution in [2.75, 3.05) is 12.3 Å². The molecule has 0 bridgehead atoms. The van der Waals surface area contributed by atoms with Crippen LogP contribution in [0, 0.1) is 5.92 Å². The average Bonchev–Trinajstić information content (AvgIpc) is 3.65. The molecule has 1 aromatic heterocycles.